The van der Waals surface area contributed by atoms with E-state index in [0.717, 1.165) is 42.9 Å². The Balaban J connectivity index is 1.47. The van der Waals surface area contributed by atoms with Crippen molar-refractivity contribution in [3.8, 4) is 6.07 Å². The van der Waals surface area contributed by atoms with Gasteiger partial charge in [0.2, 0.25) is 0 Å². The molecule has 0 aromatic heterocycles. The summed E-state index contributed by atoms with van der Waals surface area (Å²) in [4.78, 5) is 7.27. The molecule has 2 heterocycles. The second-order valence-electron chi connectivity index (χ2n) is 8.79. The van der Waals surface area contributed by atoms with Crippen LogP contribution in [0.4, 0.5) is 0 Å². The van der Waals surface area contributed by atoms with E-state index in [2.05, 4.69) is 113 Å². The molecule has 0 bridgehead atoms. The quantitative estimate of drug-likeness (QED) is 0.495. The standard InChI is InChI=1S/C28H28N4S/c1-22-12-14-25(15-13-22)27-26(16-29)28-32(20-31(27)18-24-10-6-3-7-11-24)19-30(21-33-28)17-23-8-4-2-5-9-23/h2-15,27H,17-21H2,1H3. The Morgan fingerprint density at radius 1 is 0.848 bits per heavy atom. The summed E-state index contributed by atoms with van der Waals surface area (Å²) in [6, 6.07) is 32.4. The molecule has 0 spiro atoms. The predicted octanol–water partition coefficient (Wildman–Crippen LogP) is 5.71. The van der Waals surface area contributed by atoms with Gasteiger partial charge in [0.15, 0.2) is 0 Å². The zero-order chi connectivity index (χ0) is 22.6. The lowest BCUT2D eigenvalue weighted by atomic mass is 9.95. The van der Waals surface area contributed by atoms with E-state index in [1.165, 1.54) is 22.3 Å². The first kappa shape index (κ1) is 21.8. The van der Waals surface area contributed by atoms with Crippen LogP contribution >= 0.6 is 11.8 Å². The van der Waals surface area contributed by atoms with Crippen molar-refractivity contribution in [2.24, 2.45) is 0 Å². The summed E-state index contributed by atoms with van der Waals surface area (Å²) in [7, 11) is 0. The summed E-state index contributed by atoms with van der Waals surface area (Å²) < 4.78 is 0. The van der Waals surface area contributed by atoms with Crippen molar-refractivity contribution in [3.63, 3.8) is 0 Å². The van der Waals surface area contributed by atoms with Gasteiger partial charge in [-0.3, -0.25) is 9.80 Å². The Labute approximate surface area is 200 Å². The second-order valence-corrected chi connectivity index (χ2v) is 9.72. The summed E-state index contributed by atoms with van der Waals surface area (Å²) in [6.45, 7) is 5.45. The van der Waals surface area contributed by atoms with Gasteiger partial charge in [0, 0.05) is 13.1 Å². The minimum Gasteiger partial charge on any atom is -0.339 e. The van der Waals surface area contributed by atoms with Gasteiger partial charge in [-0.2, -0.15) is 5.26 Å². The maximum absolute atomic E-state index is 10.3. The molecule has 33 heavy (non-hydrogen) atoms. The Bertz CT molecular complexity index is 1150. The molecule has 0 radical (unpaired) electrons. The van der Waals surface area contributed by atoms with Gasteiger partial charge in [-0.05, 0) is 23.6 Å². The molecule has 5 heteroatoms. The highest BCUT2D eigenvalue weighted by Gasteiger charge is 2.37. The molecular weight excluding hydrogens is 424 g/mol. The Morgan fingerprint density at radius 3 is 2.12 bits per heavy atom. The number of hydrogen-bond donors (Lipinski definition) is 0. The van der Waals surface area contributed by atoms with E-state index < -0.39 is 0 Å². The van der Waals surface area contributed by atoms with Crippen molar-refractivity contribution in [3.05, 3.63) is 118 Å². The number of hydrogen-bond acceptors (Lipinski definition) is 5. The van der Waals surface area contributed by atoms with Gasteiger partial charge in [-0.15, -0.1) is 0 Å². The van der Waals surface area contributed by atoms with Gasteiger partial charge in [0.25, 0.3) is 0 Å². The molecule has 0 amide bonds. The minimum absolute atomic E-state index is 0.0322. The molecule has 0 saturated carbocycles. The lowest BCUT2D eigenvalue weighted by molar-refractivity contribution is 0.0630. The molecule has 1 saturated heterocycles. The zero-order valence-corrected chi connectivity index (χ0v) is 19.7. The molecule has 2 aliphatic rings. The van der Waals surface area contributed by atoms with Gasteiger partial charge in [-0.1, -0.05) is 102 Å². The number of nitriles is 1. The van der Waals surface area contributed by atoms with Crippen LogP contribution in [0.1, 0.15) is 28.3 Å². The Kier molecular flexibility index (Phi) is 6.50. The van der Waals surface area contributed by atoms with Crippen LogP contribution < -0.4 is 0 Å². The molecule has 166 valence electrons. The summed E-state index contributed by atoms with van der Waals surface area (Å²) in [5, 5.41) is 11.4. The lowest BCUT2D eigenvalue weighted by Gasteiger charge is -2.47. The zero-order valence-electron chi connectivity index (χ0n) is 18.9. The predicted molar refractivity (Wildman–Crippen MR) is 135 cm³/mol. The summed E-state index contributed by atoms with van der Waals surface area (Å²) in [5.41, 5.74) is 5.88. The molecule has 5 rings (SSSR count). The summed E-state index contributed by atoms with van der Waals surface area (Å²) >= 11 is 1.80. The number of benzene rings is 3. The monoisotopic (exact) mass is 452 g/mol. The normalized spacial score (nSPS) is 19.3. The molecule has 1 fully saturated rings. The van der Waals surface area contributed by atoms with Crippen LogP contribution in [0.5, 0.6) is 0 Å². The maximum Gasteiger partial charge on any atom is 0.0995 e. The van der Waals surface area contributed by atoms with Gasteiger partial charge in [0.1, 0.15) is 0 Å². The van der Waals surface area contributed by atoms with Crippen molar-refractivity contribution >= 4 is 11.8 Å². The molecule has 1 atom stereocenters. The van der Waals surface area contributed by atoms with E-state index in [1.54, 1.807) is 11.8 Å². The number of thioether (sulfide) groups is 1. The SMILES string of the molecule is Cc1ccc(C2C(C#N)=C3SCN(Cc4ccccc4)CN3CN2Cc2ccccc2)cc1. The molecule has 0 N–H and O–H groups in total. The molecule has 0 aliphatic carbocycles. The van der Waals surface area contributed by atoms with E-state index in [-0.39, 0.29) is 6.04 Å². The maximum atomic E-state index is 10.3. The largest absolute Gasteiger partial charge is 0.339 e. The average Bonchev–Trinajstić information content (AvgIpc) is 2.85. The number of fused-ring (bicyclic) bond motifs is 1. The van der Waals surface area contributed by atoms with Crippen molar-refractivity contribution in [2.45, 2.75) is 26.1 Å². The van der Waals surface area contributed by atoms with Crippen LogP contribution in [-0.4, -0.2) is 33.9 Å². The van der Waals surface area contributed by atoms with Crippen LogP contribution in [-0.2, 0) is 13.1 Å². The molecule has 1 unspecified atom stereocenters. The van der Waals surface area contributed by atoms with Crippen molar-refractivity contribution in [2.75, 3.05) is 19.2 Å². The average molecular weight is 453 g/mol. The highest BCUT2D eigenvalue weighted by molar-refractivity contribution is 8.03. The fraction of sp³-hybridized carbons (Fsp3) is 0.250. The smallest absolute Gasteiger partial charge is 0.0995 e. The first-order valence-corrected chi connectivity index (χ1v) is 12.3. The van der Waals surface area contributed by atoms with E-state index in [9.17, 15) is 5.26 Å². The van der Waals surface area contributed by atoms with Crippen LogP contribution in [0.25, 0.3) is 0 Å². The second kappa shape index (κ2) is 9.84. The molecular formula is C28H28N4S. The minimum atomic E-state index is -0.0322. The van der Waals surface area contributed by atoms with Crippen molar-refractivity contribution < 1.29 is 0 Å². The van der Waals surface area contributed by atoms with Crippen LogP contribution in [0.3, 0.4) is 0 Å². The highest BCUT2D eigenvalue weighted by atomic mass is 32.2. The topological polar surface area (TPSA) is 33.5 Å². The molecule has 3 aromatic rings. The van der Waals surface area contributed by atoms with E-state index in [1.807, 2.05) is 0 Å². The van der Waals surface area contributed by atoms with Crippen LogP contribution in [0.2, 0.25) is 0 Å². The highest BCUT2D eigenvalue weighted by Crippen LogP contribution is 2.42. The first-order chi connectivity index (χ1) is 16.2. The molecule has 4 nitrogen and oxygen atoms in total. The third-order valence-electron chi connectivity index (χ3n) is 6.25. The van der Waals surface area contributed by atoms with Gasteiger partial charge in [0.05, 0.1) is 41.9 Å². The number of rotatable bonds is 5. The third kappa shape index (κ3) is 4.84. The fourth-order valence-corrected chi connectivity index (χ4v) is 5.77. The number of nitrogens with zero attached hydrogens (tertiary/aromatic N) is 4. The van der Waals surface area contributed by atoms with Crippen molar-refractivity contribution in [1.82, 2.24) is 14.7 Å². The fourth-order valence-electron chi connectivity index (χ4n) is 4.68. The van der Waals surface area contributed by atoms with Gasteiger partial charge in [-0.25, -0.2) is 0 Å². The van der Waals surface area contributed by atoms with E-state index in [4.69, 9.17) is 0 Å². The third-order valence-corrected chi connectivity index (χ3v) is 7.50. The number of aryl methyl sites for hydroxylation is 1. The Hall–Kier alpha value is -3.04. The van der Waals surface area contributed by atoms with Crippen molar-refractivity contribution in [1.29, 1.82) is 5.26 Å². The van der Waals surface area contributed by atoms with E-state index in [0.29, 0.717) is 0 Å². The van der Waals surface area contributed by atoms with Gasteiger partial charge < -0.3 is 4.90 Å². The molecule has 2 aliphatic heterocycles. The Morgan fingerprint density at radius 2 is 1.48 bits per heavy atom. The van der Waals surface area contributed by atoms with Crippen LogP contribution in [0.15, 0.2) is 95.5 Å². The van der Waals surface area contributed by atoms with Gasteiger partial charge >= 0.3 is 0 Å². The van der Waals surface area contributed by atoms with Crippen LogP contribution in [0, 0.1) is 18.3 Å². The van der Waals surface area contributed by atoms with E-state index >= 15 is 0 Å². The first-order valence-electron chi connectivity index (χ1n) is 11.3. The lowest BCUT2D eigenvalue weighted by Crippen LogP contribution is -2.50. The summed E-state index contributed by atoms with van der Waals surface area (Å²) in [6.07, 6.45) is 0. The summed E-state index contributed by atoms with van der Waals surface area (Å²) in [5.74, 6) is 0.894. The molecule has 3 aromatic carbocycles.